The molecule has 3 aromatic rings. The molecule has 2 aromatic heterocycles. The summed E-state index contributed by atoms with van der Waals surface area (Å²) in [5, 5.41) is 7.65. The molecule has 1 N–H and O–H groups in total. The van der Waals surface area contributed by atoms with Gasteiger partial charge in [0.2, 0.25) is 5.91 Å². The van der Waals surface area contributed by atoms with E-state index in [4.69, 9.17) is 0 Å². The highest BCUT2D eigenvalue weighted by Gasteiger charge is 2.33. The van der Waals surface area contributed by atoms with Gasteiger partial charge in [-0.3, -0.25) is 14.3 Å². The summed E-state index contributed by atoms with van der Waals surface area (Å²) in [4.78, 5) is 30.1. The van der Waals surface area contributed by atoms with Gasteiger partial charge >= 0.3 is 6.18 Å². The van der Waals surface area contributed by atoms with Crippen molar-refractivity contribution < 1.29 is 22.8 Å². The van der Waals surface area contributed by atoms with E-state index in [0.717, 1.165) is 38.1 Å². The lowest BCUT2D eigenvalue weighted by atomic mass is 9.99. The van der Waals surface area contributed by atoms with Gasteiger partial charge in [-0.25, -0.2) is 4.98 Å². The summed E-state index contributed by atoms with van der Waals surface area (Å²) < 4.78 is 40.1. The van der Waals surface area contributed by atoms with E-state index in [1.165, 1.54) is 6.07 Å². The summed E-state index contributed by atoms with van der Waals surface area (Å²) in [5.41, 5.74) is -0.440. The van der Waals surface area contributed by atoms with Crippen LogP contribution in [0.3, 0.4) is 0 Å². The molecule has 0 radical (unpaired) electrons. The molecule has 2 amide bonds. The van der Waals surface area contributed by atoms with E-state index in [1.807, 2.05) is 4.90 Å². The third kappa shape index (κ3) is 4.90. The third-order valence-electron chi connectivity index (χ3n) is 5.52. The maximum Gasteiger partial charge on any atom is 0.433 e. The molecule has 3 heterocycles. The maximum atomic E-state index is 12.8. The van der Waals surface area contributed by atoms with E-state index in [9.17, 15) is 22.8 Å². The number of likely N-dealkylation sites (tertiary alicyclic amines) is 1. The minimum Gasteiger partial charge on any atom is -0.341 e. The first-order chi connectivity index (χ1) is 15.2. The second kappa shape index (κ2) is 8.60. The van der Waals surface area contributed by atoms with E-state index in [-0.39, 0.29) is 18.1 Å². The van der Waals surface area contributed by atoms with E-state index in [1.54, 1.807) is 29.1 Å². The third-order valence-corrected chi connectivity index (χ3v) is 5.52. The molecule has 0 aliphatic carbocycles. The number of fused-ring (bicyclic) bond motifs is 1. The lowest BCUT2D eigenvalue weighted by molar-refractivity contribution is -0.141. The molecule has 1 saturated heterocycles. The number of amides is 2. The predicted octanol–water partition coefficient (Wildman–Crippen LogP) is 3.96. The molecule has 0 saturated carbocycles. The lowest BCUT2D eigenvalue weighted by Gasteiger charge is -2.30. The zero-order chi connectivity index (χ0) is 22.9. The number of anilines is 1. The highest BCUT2D eigenvalue weighted by Crippen LogP contribution is 2.27. The molecule has 168 valence electrons. The zero-order valence-corrected chi connectivity index (χ0v) is 17.4. The Bertz CT molecular complexity index is 1150. The van der Waals surface area contributed by atoms with Gasteiger partial charge in [0.15, 0.2) is 0 Å². The van der Waals surface area contributed by atoms with Crippen LogP contribution in [0.15, 0.2) is 42.6 Å². The van der Waals surface area contributed by atoms with Gasteiger partial charge in [-0.05, 0) is 49.1 Å². The standard InChI is InChI=1S/C22H22F3N5O2/c1-14-7-9-29(10-8-14)20(31)13-30-12-15-11-16(5-6-17(15)28-30)26-21(32)18-3-2-4-19(27-18)22(23,24)25/h2-6,11-12,14H,7-10,13H2,1H3,(H,26,32). The van der Waals surface area contributed by atoms with Gasteiger partial charge in [0.05, 0.1) is 5.52 Å². The van der Waals surface area contributed by atoms with E-state index < -0.39 is 17.8 Å². The fourth-order valence-corrected chi connectivity index (χ4v) is 3.65. The summed E-state index contributed by atoms with van der Waals surface area (Å²) in [6.07, 6.45) is -0.932. The van der Waals surface area contributed by atoms with Crippen molar-refractivity contribution in [1.82, 2.24) is 19.7 Å². The Hall–Kier alpha value is -3.43. The Balaban J connectivity index is 1.45. The molecule has 0 unspecified atom stereocenters. The highest BCUT2D eigenvalue weighted by molar-refractivity contribution is 6.03. The van der Waals surface area contributed by atoms with E-state index in [0.29, 0.717) is 22.5 Å². The monoisotopic (exact) mass is 445 g/mol. The van der Waals surface area contributed by atoms with E-state index in [2.05, 4.69) is 22.3 Å². The number of pyridine rings is 1. The summed E-state index contributed by atoms with van der Waals surface area (Å²) in [5.74, 6) is -0.114. The molecular formula is C22H22F3N5O2. The molecule has 1 aliphatic heterocycles. The quantitative estimate of drug-likeness (QED) is 0.659. The molecule has 0 spiro atoms. The molecule has 1 aromatic carbocycles. The fraction of sp³-hybridized carbons (Fsp3) is 0.364. The lowest BCUT2D eigenvalue weighted by Crippen LogP contribution is -2.39. The van der Waals surface area contributed by atoms with Gasteiger partial charge in [0, 0.05) is 30.4 Å². The van der Waals surface area contributed by atoms with E-state index >= 15 is 0 Å². The molecule has 7 nitrogen and oxygen atoms in total. The average Bonchev–Trinajstić information content (AvgIpc) is 3.15. The van der Waals surface area contributed by atoms with Crippen molar-refractivity contribution in [3.8, 4) is 0 Å². The second-order valence-corrected chi connectivity index (χ2v) is 8.02. The number of piperidine rings is 1. The van der Waals surface area contributed by atoms with Gasteiger partial charge in [-0.15, -0.1) is 0 Å². The highest BCUT2D eigenvalue weighted by atomic mass is 19.4. The summed E-state index contributed by atoms with van der Waals surface area (Å²) >= 11 is 0. The number of carbonyl (C=O) groups is 2. The molecular weight excluding hydrogens is 423 g/mol. The molecule has 32 heavy (non-hydrogen) atoms. The predicted molar refractivity (Wildman–Crippen MR) is 112 cm³/mol. The SMILES string of the molecule is CC1CCN(C(=O)Cn2cc3cc(NC(=O)c4cccc(C(F)(F)F)n4)ccc3n2)CC1. The molecule has 0 atom stereocenters. The van der Waals surface area contributed by atoms with Crippen molar-refractivity contribution in [1.29, 1.82) is 0 Å². The average molecular weight is 445 g/mol. The number of alkyl halides is 3. The number of rotatable bonds is 4. The molecule has 1 fully saturated rings. The Kier molecular flexibility index (Phi) is 5.86. The number of halogens is 3. The Labute approximate surface area is 182 Å². The van der Waals surface area contributed by atoms with Crippen molar-refractivity contribution in [2.75, 3.05) is 18.4 Å². The largest absolute Gasteiger partial charge is 0.433 e. The normalized spacial score (nSPS) is 15.2. The van der Waals surface area contributed by atoms with Gasteiger partial charge in [-0.1, -0.05) is 13.0 Å². The summed E-state index contributed by atoms with van der Waals surface area (Å²) in [6, 6.07) is 8.08. The van der Waals surface area contributed by atoms with Gasteiger partial charge in [-0.2, -0.15) is 18.3 Å². The first kappa shape index (κ1) is 21.8. The first-order valence-corrected chi connectivity index (χ1v) is 10.3. The van der Waals surface area contributed by atoms with Crippen LogP contribution in [0.25, 0.3) is 10.9 Å². The number of nitrogens with one attached hydrogen (secondary N) is 1. The first-order valence-electron chi connectivity index (χ1n) is 10.3. The van der Waals surface area contributed by atoms with Crippen LogP contribution in [0.5, 0.6) is 0 Å². The van der Waals surface area contributed by atoms with Crippen LogP contribution in [-0.4, -0.2) is 44.6 Å². The minimum absolute atomic E-state index is 0.00820. The van der Waals surface area contributed by atoms with Crippen LogP contribution in [0.4, 0.5) is 18.9 Å². The smallest absolute Gasteiger partial charge is 0.341 e. The number of aromatic nitrogens is 3. The minimum atomic E-state index is -4.63. The molecule has 1 aliphatic rings. The van der Waals surface area contributed by atoms with Crippen LogP contribution in [0.1, 0.15) is 35.9 Å². The van der Waals surface area contributed by atoms with Crippen LogP contribution in [0.2, 0.25) is 0 Å². The topological polar surface area (TPSA) is 80.1 Å². The second-order valence-electron chi connectivity index (χ2n) is 8.02. The van der Waals surface area contributed by atoms with Crippen LogP contribution >= 0.6 is 0 Å². The summed E-state index contributed by atoms with van der Waals surface area (Å²) in [7, 11) is 0. The number of hydrogen-bond donors (Lipinski definition) is 1. The van der Waals surface area contributed by atoms with Crippen molar-refractivity contribution in [3.05, 3.63) is 54.0 Å². The zero-order valence-electron chi connectivity index (χ0n) is 17.4. The Morgan fingerprint density at radius 1 is 1.16 bits per heavy atom. The molecule has 0 bridgehead atoms. The van der Waals surface area contributed by atoms with Gasteiger partial charge in [0.1, 0.15) is 17.9 Å². The van der Waals surface area contributed by atoms with Gasteiger partial charge < -0.3 is 10.2 Å². The summed E-state index contributed by atoms with van der Waals surface area (Å²) in [6.45, 7) is 3.81. The molecule has 4 rings (SSSR count). The van der Waals surface area contributed by atoms with Crippen LogP contribution in [-0.2, 0) is 17.5 Å². The van der Waals surface area contributed by atoms with Crippen molar-refractivity contribution >= 4 is 28.4 Å². The molecule has 10 heteroatoms. The fourth-order valence-electron chi connectivity index (χ4n) is 3.65. The number of hydrogen-bond acceptors (Lipinski definition) is 4. The number of carbonyl (C=O) groups excluding carboxylic acids is 2. The van der Waals surface area contributed by atoms with Crippen LogP contribution in [0, 0.1) is 5.92 Å². The number of benzene rings is 1. The maximum absolute atomic E-state index is 12.8. The Morgan fingerprint density at radius 2 is 1.91 bits per heavy atom. The number of nitrogens with zero attached hydrogens (tertiary/aromatic N) is 4. The van der Waals surface area contributed by atoms with Crippen molar-refractivity contribution in [2.45, 2.75) is 32.5 Å². The van der Waals surface area contributed by atoms with Crippen LogP contribution < -0.4 is 5.32 Å². The Morgan fingerprint density at radius 3 is 2.62 bits per heavy atom. The van der Waals surface area contributed by atoms with Crippen molar-refractivity contribution in [3.63, 3.8) is 0 Å². The van der Waals surface area contributed by atoms with Gasteiger partial charge in [0.25, 0.3) is 5.91 Å². The van der Waals surface area contributed by atoms with Crippen molar-refractivity contribution in [2.24, 2.45) is 5.92 Å².